The largest absolute Gasteiger partial charge is 0.351 e. The zero-order valence-corrected chi connectivity index (χ0v) is 25.9. The highest BCUT2D eigenvalue weighted by Gasteiger charge is 2.65. The van der Waals surface area contributed by atoms with E-state index in [9.17, 15) is 13.8 Å². The lowest BCUT2D eigenvalue weighted by atomic mass is 9.96. The summed E-state index contributed by atoms with van der Waals surface area (Å²) in [6.07, 6.45) is -1.11. The van der Waals surface area contributed by atoms with Crippen LogP contribution in [0.3, 0.4) is 0 Å². The van der Waals surface area contributed by atoms with Crippen molar-refractivity contribution in [1.82, 2.24) is 14.2 Å². The molecule has 2 aromatic rings. The smallest absolute Gasteiger partial charge is 0.346 e. The Morgan fingerprint density at radius 2 is 2.05 bits per heavy atom. The lowest BCUT2D eigenvalue weighted by Gasteiger charge is -2.38. The maximum atomic E-state index is 13.6. The van der Waals surface area contributed by atoms with Gasteiger partial charge in [-0.05, 0) is 53.1 Å². The molecule has 2 saturated heterocycles. The number of hydrogen-bond acceptors (Lipinski definition) is 8. The second kappa shape index (κ2) is 13.2. The molecule has 1 N–H and O–H groups in total. The second-order valence-electron chi connectivity index (χ2n) is 10.6. The average Bonchev–Trinajstić information content (AvgIpc) is 3.39. The second-order valence-corrected chi connectivity index (χ2v) is 13.6. The first-order valence-electron chi connectivity index (χ1n) is 14.1. The molecule has 7 atom stereocenters. The first kappa shape index (κ1) is 30.0. The number of ether oxygens (including phenoxy) is 1. The van der Waals surface area contributed by atoms with E-state index in [2.05, 4.69) is 19.8 Å². The summed E-state index contributed by atoms with van der Waals surface area (Å²) in [5, 5.41) is 1.92. The summed E-state index contributed by atoms with van der Waals surface area (Å²) in [7, 11) is -3.20. The Morgan fingerprint density at radius 3 is 2.66 bits per heavy atom. The molecule has 3 heterocycles. The summed E-state index contributed by atoms with van der Waals surface area (Å²) in [5.74, 6) is -0.195. The zero-order valence-electron chi connectivity index (χ0n) is 25.1. The number of nitrogens with one attached hydrogen (secondary N) is 1. The lowest BCUT2D eigenvalue weighted by Crippen LogP contribution is -2.43. The van der Waals surface area contributed by atoms with Crippen LogP contribution in [0.1, 0.15) is 64.5 Å². The van der Waals surface area contributed by atoms with Crippen LogP contribution in [0.25, 0.3) is 4.85 Å². The maximum Gasteiger partial charge on any atom is 0.351 e. The van der Waals surface area contributed by atoms with Gasteiger partial charge in [-0.3, -0.25) is 13.6 Å². The third-order valence-electron chi connectivity index (χ3n) is 7.09. The minimum Gasteiger partial charge on any atom is -0.346 e. The molecule has 0 radical (unpaired) electrons. The standard InChI is InChI=1S/C28H38N5O6PS/c1-8-28-17-41(36)22(23(28)39-40(37-15-14-29-7)33(18(2)3)19(4)5)26(38-28)32-16-20(6)24(31-27(32)35)30-25(34)21-12-10-9-11-13-21/h9-13,16,18-19,22-23,26H,8,14-15,17H2,1-6H3,(H,30,31,34,35)/t22-,23+,26-,28+,40?,41?/m1/s1/i8D/t8-,22-,23+,26-,28+,40?,41?. The van der Waals surface area contributed by atoms with Gasteiger partial charge in [0.15, 0.2) is 6.23 Å². The predicted molar refractivity (Wildman–Crippen MR) is 159 cm³/mol. The minimum absolute atomic E-state index is 0.0443. The van der Waals surface area contributed by atoms with Gasteiger partial charge < -0.3 is 23.9 Å². The van der Waals surface area contributed by atoms with Crippen LogP contribution in [0.5, 0.6) is 0 Å². The Balaban J connectivity index is 1.67. The van der Waals surface area contributed by atoms with Gasteiger partial charge in [0.25, 0.3) is 14.4 Å². The van der Waals surface area contributed by atoms with Gasteiger partial charge in [0.1, 0.15) is 29.4 Å². The van der Waals surface area contributed by atoms with Crippen LogP contribution in [0.4, 0.5) is 5.82 Å². The number of aryl methyl sites for hydroxylation is 1. The van der Waals surface area contributed by atoms with Crippen molar-refractivity contribution in [3.8, 4) is 0 Å². The summed E-state index contributed by atoms with van der Waals surface area (Å²) in [4.78, 5) is 33.5. The van der Waals surface area contributed by atoms with Crippen molar-refractivity contribution in [2.24, 2.45) is 0 Å². The molecule has 2 unspecified atom stereocenters. The molecule has 11 nitrogen and oxygen atoms in total. The molecule has 13 heteroatoms. The SMILES string of the molecule is [2H][C@H](C)[C@@]12CS(=O)[C@@H]([C@H](n3cc(C)c(NC(=O)c4ccccc4)nc3=O)O1)[C@@H]2OP(OCC[N+]#[C-])N(C(C)C)C(C)C. The van der Waals surface area contributed by atoms with Crippen LogP contribution in [0, 0.1) is 13.5 Å². The van der Waals surface area contributed by atoms with Crippen molar-refractivity contribution in [2.75, 3.05) is 24.2 Å². The normalized spacial score (nSPS) is 27.2. The highest BCUT2D eigenvalue weighted by atomic mass is 32.2. The molecule has 2 aliphatic rings. The van der Waals surface area contributed by atoms with Crippen LogP contribution in [-0.4, -0.2) is 72.3 Å². The molecular formula is C28H38N5O6PS. The van der Waals surface area contributed by atoms with Gasteiger partial charge in [-0.1, -0.05) is 25.1 Å². The number of hydrogen-bond donors (Lipinski definition) is 1. The van der Waals surface area contributed by atoms with E-state index >= 15 is 0 Å². The van der Waals surface area contributed by atoms with Crippen molar-refractivity contribution < 1.29 is 24.2 Å². The van der Waals surface area contributed by atoms with E-state index in [1.54, 1.807) is 44.2 Å². The van der Waals surface area contributed by atoms with E-state index in [4.69, 9.17) is 21.7 Å². The Kier molecular flexibility index (Phi) is 9.64. The molecule has 1 aromatic carbocycles. The Morgan fingerprint density at radius 1 is 1.37 bits per heavy atom. The topological polar surface area (TPSA) is 116 Å². The number of nitrogens with zero attached hydrogens (tertiary/aromatic N) is 4. The fraction of sp³-hybridized carbons (Fsp3) is 0.571. The van der Waals surface area contributed by atoms with E-state index in [1.165, 1.54) is 10.8 Å². The van der Waals surface area contributed by atoms with E-state index in [1.807, 2.05) is 27.7 Å². The van der Waals surface area contributed by atoms with Gasteiger partial charge in [-0.25, -0.2) is 16.0 Å². The number of aromatic nitrogens is 2. The molecule has 2 aliphatic heterocycles. The van der Waals surface area contributed by atoms with Gasteiger partial charge in [-0.15, -0.1) is 0 Å². The summed E-state index contributed by atoms with van der Waals surface area (Å²) < 4.78 is 44.8. The number of fused-ring (bicyclic) bond motifs is 2. The first-order chi connectivity index (χ1) is 19.9. The van der Waals surface area contributed by atoms with Gasteiger partial charge in [0.05, 0.1) is 5.75 Å². The Labute approximate surface area is 246 Å². The van der Waals surface area contributed by atoms with Crippen molar-refractivity contribution in [3.05, 3.63) is 69.6 Å². The summed E-state index contributed by atoms with van der Waals surface area (Å²) in [6, 6.07) is 8.69. The summed E-state index contributed by atoms with van der Waals surface area (Å²) in [5.41, 5.74) is -1.01. The molecule has 2 bridgehead atoms. The van der Waals surface area contributed by atoms with Crippen molar-refractivity contribution in [2.45, 2.75) is 83.2 Å². The molecule has 0 aliphatic carbocycles. The predicted octanol–water partition coefficient (Wildman–Crippen LogP) is 4.28. The molecule has 1 aromatic heterocycles. The van der Waals surface area contributed by atoms with Crippen molar-refractivity contribution in [3.63, 3.8) is 0 Å². The molecular weight excluding hydrogens is 565 g/mol. The zero-order chi connectivity index (χ0) is 30.8. The number of amides is 1. The third kappa shape index (κ3) is 6.46. The quantitative estimate of drug-likeness (QED) is 0.217. The first-order valence-corrected chi connectivity index (χ1v) is 16.1. The third-order valence-corrected chi connectivity index (χ3v) is 11.0. The molecule has 0 spiro atoms. The minimum atomic E-state index is -1.71. The Bertz CT molecular complexity index is 1400. The molecule has 41 heavy (non-hydrogen) atoms. The van der Waals surface area contributed by atoms with E-state index in [-0.39, 0.29) is 36.8 Å². The maximum absolute atomic E-state index is 13.6. The number of rotatable bonds is 12. The van der Waals surface area contributed by atoms with Crippen LogP contribution in [0.2, 0.25) is 0 Å². The highest BCUT2D eigenvalue weighted by molar-refractivity contribution is 7.86. The summed E-state index contributed by atoms with van der Waals surface area (Å²) in [6.45, 7) is 18.9. The highest BCUT2D eigenvalue weighted by Crippen LogP contribution is 2.56. The molecule has 0 saturated carbocycles. The molecule has 4 rings (SSSR count). The number of benzene rings is 1. The van der Waals surface area contributed by atoms with Gasteiger partial charge >= 0.3 is 5.69 Å². The van der Waals surface area contributed by atoms with Gasteiger partial charge in [0, 0.05) is 41.6 Å². The van der Waals surface area contributed by atoms with Crippen molar-refractivity contribution in [1.29, 1.82) is 0 Å². The van der Waals surface area contributed by atoms with Crippen LogP contribution in [-0.2, 0) is 24.6 Å². The van der Waals surface area contributed by atoms with E-state index in [0.717, 1.165) is 0 Å². The molecule has 1 amide bonds. The lowest BCUT2D eigenvalue weighted by molar-refractivity contribution is -0.0893. The number of carbonyl (C=O) groups excluding carboxylic acids is 1. The molecule has 222 valence electrons. The fourth-order valence-electron chi connectivity index (χ4n) is 5.20. The van der Waals surface area contributed by atoms with Crippen LogP contribution >= 0.6 is 8.53 Å². The van der Waals surface area contributed by atoms with E-state index in [0.29, 0.717) is 11.1 Å². The average molecular weight is 605 g/mol. The summed E-state index contributed by atoms with van der Waals surface area (Å²) >= 11 is 0. The van der Waals surface area contributed by atoms with Gasteiger partial charge in [-0.2, -0.15) is 4.98 Å². The fourth-order valence-corrected chi connectivity index (χ4v) is 9.13. The molecule has 2 fully saturated rings. The van der Waals surface area contributed by atoms with Crippen LogP contribution < -0.4 is 11.0 Å². The van der Waals surface area contributed by atoms with Gasteiger partial charge in [0.2, 0.25) is 6.54 Å². The number of anilines is 1. The monoisotopic (exact) mass is 604 g/mol. The Hall–Kier alpha value is -2.52. The van der Waals surface area contributed by atoms with E-state index < -0.39 is 60.5 Å². The van der Waals surface area contributed by atoms with Crippen LogP contribution in [0.15, 0.2) is 41.3 Å². The van der Waals surface area contributed by atoms with Crippen molar-refractivity contribution >= 4 is 31.1 Å². The number of carbonyl (C=O) groups is 1.